The third-order valence-corrected chi connectivity index (χ3v) is 4.24. The number of thioether (sulfide) groups is 1. The number of fused-ring (bicyclic) bond motifs is 1. The molecule has 2 aromatic rings. The van der Waals surface area contributed by atoms with Crippen LogP contribution in [0.25, 0.3) is 5.52 Å². The fraction of sp³-hybridized carbons (Fsp3) is 0.462. The number of aromatic carboxylic acids is 1. The minimum atomic E-state index is -0.877. The summed E-state index contributed by atoms with van der Waals surface area (Å²) in [5.74, 6) is -0.573. The Morgan fingerprint density at radius 3 is 2.84 bits per heavy atom. The van der Waals surface area contributed by atoms with Gasteiger partial charge in [0, 0.05) is 5.92 Å². The van der Waals surface area contributed by atoms with Gasteiger partial charge < -0.3 is 5.11 Å². The van der Waals surface area contributed by atoms with Gasteiger partial charge in [-0.15, -0.1) is 5.10 Å². The maximum atomic E-state index is 11.4. The monoisotopic (exact) mass is 277 g/mol. The summed E-state index contributed by atoms with van der Waals surface area (Å²) in [7, 11) is 0. The van der Waals surface area contributed by atoms with E-state index >= 15 is 0 Å². The van der Waals surface area contributed by atoms with Gasteiger partial charge >= 0.3 is 5.97 Å². The summed E-state index contributed by atoms with van der Waals surface area (Å²) in [5, 5.41) is 14.5. The van der Waals surface area contributed by atoms with Gasteiger partial charge in [-0.25, -0.2) is 14.3 Å². The van der Waals surface area contributed by atoms with Crippen molar-refractivity contribution in [2.45, 2.75) is 36.8 Å². The summed E-state index contributed by atoms with van der Waals surface area (Å²) in [5.41, 5.74) is 1.98. The molecule has 1 fully saturated rings. The molecule has 0 unspecified atom stereocenters. The first-order chi connectivity index (χ1) is 9.20. The van der Waals surface area contributed by atoms with Crippen LogP contribution in [0.5, 0.6) is 0 Å². The third-order valence-electron chi connectivity index (χ3n) is 3.69. The highest BCUT2D eigenvalue weighted by Gasteiger charge is 2.27. The first-order valence-electron chi connectivity index (χ1n) is 6.36. The number of hydrogen-bond donors (Lipinski definition) is 1. The molecule has 0 aliphatic heterocycles. The van der Waals surface area contributed by atoms with Crippen LogP contribution in [0.2, 0.25) is 0 Å². The van der Waals surface area contributed by atoms with Gasteiger partial charge in [0.05, 0.1) is 23.0 Å². The lowest BCUT2D eigenvalue weighted by atomic mass is 10.0. The third kappa shape index (κ3) is 2.10. The van der Waals surface area contributed by atoms with Gasteiger partial charge in [0.25, 0.3) is 0 Å². The molecule has 1 saturated carbocycles. The van der Waals surface area contributed by atoms with Crippen LogP contribution in [0.15, 0.2) is 17.4 Å². The van der Waals surface area contributed by atoms with Crippen molar-refractivity contribution in [2.24, 2.45) is 0 Å². The van der Waals surface area contributed by atoms with E-state index in [9.17, 15) is 9.90 Å². The van der Waals surface area contributed by atoms with Crippen LogP contribution in [0.1, 0.15) is 47.7 Å². The lowest BCUT2D eigenvalue weighted by Gasteiger charge is -2.11. The van der Waals surface area contributed by atoms with Crippen LogP contribution >= 0.6 is 11.8 Å². The molecule has 0 bridgehead atoms. The fourth-order valence-corrected chi connectivity index (χ4v) is 3.15. The van der Waals surface area contributed by atoms with Gasteiger partial charge in [0.2, 0.25) is 5.16 Å². The zero-order valence-electron chi connectivity index (χ0n) is 10.7. The number of rotatable bonds is 3. The summed E-state index contributed by atoms with van der Waals surface area (Å²) in [6.07, 6.45) is 8.03. The van der Waals surface area contributed by atoms with Gasteiger partial charge in [0.1, 0.15) is 0 Å². The molecule has 0 radical (unpaired) electrons. The molecule has 5 nitrogen and oxygen atoms in total. The molecule has 2 aromatic heterocycles. The van der Waals surface area contributed by atoms with Crippen molar-refractivity contribution in [1.29, 1.82) is 0 Å². The van der Waals surface area contributed by atoms with Crippen molar-refractivity contribution < 1.29 is 9.90 Å². The van der Waals surface area contributed by atoms with Crippen LogP contribution in [-0.4, -0.2) is 31.9 Å². The summed E-state index contributed by atoms with van der Waals surface area (Å²) in [6.45, 7) is 0. The van der Waals surface area contributed by atoms with Gasteiger partial charge in [-0.1, -0.05) is 24.6 Å². The zero-order chi connectivity index (χ0) is 13.4. The molecule has 0 atom stereocenters. The van der Waals surface area contributed by atoms with Crippen LogP contribution in [0.3, 0.4) is 0 Å². The smallest absolute Gasteiger partial charge is 0.337 e. The van der Waals surface area contributed by atoms with Gasteiger partial charge in [0.15, 0.2) is 0 Å². The minimum Gasteiger partial charge on any atom is -0.478 e. The van der Waals surface area contributed by atoms with E-state index in [0.717, 1.165) is 36.9 Å². The van der Waals surface area contributed by atoms with E-state index in [2.05, 4.69) is 10.1 Å². The maximum absolute atomic E-state index is 11.4. The molecule has 1 N–H and O–H groups in total. The number of aromatic nitrogens is 3. The normalized spacial score (nSPS) is 16.3. The molecule has 0 saturated heterocycles. The molecule has 19 heavy (non-hydrogen) atoms. The molecule has 0 amide bonds. The first kappa shape index (κ1) is 12.5. The average molecular weight is 277 g/mol. The van der Waals surface area contributed by atoms with E-state index in [-0.39, 0.29) is 0 Å². The van der Waals surface area contributed by atoms with Crippen molar-refractivity contribution in [2.75, 3.05) is 6.26 Å². The Morgan fingerprint density at radius 2 is 2.21 bits per heavy atom. The Labute approximate surface area is 115 Å². The van der Waals surface area contributed by atoms with E-state index in [1.807, 2.05) is 6.26 Å². The first-order valence-corrected chi connectivity index (χ1v) is 7.59. The van der Waals surface area contributed by atoms with E-state index in [0.29, 0.717) is 16.6 Å². The summed E-state index contributed by atoms with van der Waals surface area (Å²) >= 11 is 1.46. The highest BCUT2D eigenvalue weighted by atomic mass is 32.2. The van der Waals surface area contributed by atoms with E-state index in [1.54, 1.807) is 16.8 Å². The lowest BCUT2D eigenvalue weighted by Crippen LogP contribution is -2.08. The Balaban J connectivity index is 2.23. The maximum Gasteiger partial charge on any atom is 0.337 e. The highest BCUT2D eigenvalue weighted by molar-refractivity contribution is 7.98. The molecule has 0 spiro atoms. The van der Waals surface area contributed by atoms with Crippen molar-refractivity contribution in [3.05, 3.63) is 23.5 Å². The zero-order valence-corrected chi connectivity index (χ0v) is 11.5. The summed E-state index contributed by atoms with van der Waals surface area (Å²) in [4.78, 5) is 15.6. The number of hydrogen-bond acceptors (Lipinski definition) is 4. The average Bonchev–Trinajstić information content (AvgIpc) is 3.04. The Bertz CT molecular complexity index is 632. The van der Waals surface area contributed by atoms with Crippen molar-refractivity contribution in [3.8, 4) is 0 Å². The minimum absolute atomic E-state index is 0.304. The van der Waals surface area contributed by atoms with Crippen molar-refractivity contribution >= 4 is 23.2 Å². The molecule has 0 aromatic carbocycles. The van der Waals surface area contributed by atoms with Crippen molar-refractivity contribution in [1.82, 2.24) is 14.6 Å². The highest BCUT2D eigenvalue weighted by Crippen LogP contribution is 2.37. The largest absolute Gasteiger partial charge is 0.478 e. The topological polar surface area (TPSA) is 67.5 Å². The Morgan fingerprint density at radius 1 is 1.47 bits per heavy atom. The van der Waals surface area contributed by atoms with Gasteiger partial charge in [-0.3, -0.25) is 0 Å². The number of carboxylic acids is 1. The van der Waals surface area contributed by atoms with Gasteiger partial charge in [-0.2, -0.15) is 0 Å². The second-order valence-electron chi connectivity index (χ2n) is 4.81. The molecule has 3 rings (SSSR count). The molecular formula is C13H15N3O2S. The van der Waals surface area contributed by atoms with Crippen LogP contribution in [-0.2, 0) is 0 Å². The second-order valence-corrected chi connectivity index (χ2v) is 5.58. The molecule has 1 aliphatic rings. The molecule has 6 heteroatoms. The van der Waals surface area contributed by atoms with Crippen LogP contribution in [0, 0.1) is 0 Å². The van der Waals surface area contributed by atoms with E-state index in [1.165, 1.54) is 11.8 Å². The number of carboxylic acid groups (broad SMARTS) is 1. The fourth-order valence-electron chi connectivity index (χ4n) is 2.83. The van der Waals surface area contributed by atoms with Crippen molar-refractivity contribution in [3.63, 3.8) is 0 Å². The van der Waals surface area contributed by atoms with E-state index in [4.69, 9.17) is 0 Å². The Kier molecular flexibility index (Phi) is 3.18. The molecule has 100 valence electrons. The number of carbonyl (C=O) groups is 1. The molecule has 1 aliphatic carbocycles. The molecule has 2 heterocycles. The quantitative estimate of drug-likeness (QED) is 0.874. The molecular weight excluding hydrogens is 262 g/mol. The van der Waals surface area contributed by atoms with E-state index < -0.39 is 5.97 Å². The predicted molar refractivity (Wildman–Crippen MR) is 72.9 cm³/mol. The lowest BCUT2D eigenvalue weighted by molar-refractivity contribution is 0.0695. The second kappa shape index (κ2) is 4.85. The summed E-state index contributed by atoms with van der Waals surface area (Å²) < 4.78 is 1.78. The van der Waals surface area contributed by atoms with Crippen LogP contribution in [0.4, 0.5) is 0 Å². The SMILES string of the molecule is CSc1ncc2cc(C(=O)O)c(C3CCCC3)n2n1. The standard InChI is InChI=1S/C13H15N3O2S/c1-19-13-14-7-9-6-10(12(17)18)11(16(9)15-13)8-4-2-3-5-8/h6-8H,2-5H2,1H3,(H,17,18). The Hall–Kier alpha value is -1.56. The van der Waals surface area contributed by atoms with Crippen LogP contribution < -0.4 is 0 Å². The predicted octanol–water partition coefficient (Wildman–Crippen LogP) is 2.81. The number of nitrogens with zero attached hydrogens (tertiary/aromatic N) is 3. The summed E-state index contributed by atoms with van der Waals surface area (Å²) in [6, 6.07) is 1.68. The van der Waals surface area contributed by atoms with Gasteiger partial charge in [-0.05, 0) is 25.2 Å².